The second-order valence-corrected chi connectivity index (χ2v) is 2.52. The predicted octanol–water partition coefficient (Wildman–Crippen LogP) is 2.48. The van der Waals surface area contributed by atoms with E-state index in [4.69, 9.17) is 0 Å². The Morgan fingerprint density at radius 1 is 1.38 bits per heavy atom. The van der Waals surface area contributed by atoms with Crippen LogP contribution in [0.2, 0.25) is 0 Å². The van der Waals surface area contributed by atoms with Crippen molar-refractivity contribution in [2.24, 2.45) is 4.99 Å². The van der Waals surface area contributed by atoms with E-state index in [0.29, 0.717) is 0 Å². The molecule has 0 bridgehead atoms. The van der Waals surface area contributed by atoms with Crippen LogP contribution in [0.5, 0.6) is 0 Å². The zero-order valence-corrected chi connectivity index (χ0v) is 8.16. The zero-order chi connectivity index (χ0) is 10.1. The summed E-state index contributed by atoms with van der Waals surface area (Å²) < 4.78 is 0. The van der Waals surface area contributed by atoms with Crippen molar-refractivity contribution in [3.05, 3.63) is 35.9 Å². The number of aryl methyl sites for hydroxylation is 1. The van der Waals surface area contributed by atoms with Crippen LogP contribution in [-0.2, 0) is 11.2 Å². The lowest BCUT2D eigenvalue weighted by atomic mass is 10.2. The van der Waals surface area contributed by atoms with E-state index < -0.39 is 0 Å². The van der Waals surface area contributed by atoms with Crippen LogP contribution in [-0.4, -0.2) is 12.6 Å². The van der Waals surface area contributed by atoms with E-state index in [1.54, 1.807) is 0 Å². The number of nitrogens with zero attached hydrogens (tertiary/aromatic N) is 1. The molecule has 70 valence electrons. The summed E-state index contributed by atoms with van der Waals surface area (Å²) in [6, 6.07) is 10.5. The summed E-state index contributed by atoms with van der Waals surface area (Å²) in [5.74, 6) is -0.231. The van der Waals surface area contributed by atoms with Crippen LogP contribution in [0.15, 0.2) is 35.3 Å². The van der Waals surface area contributed by atoms with Gasteiger partial charge in [0.2, 0.25) is 5.91 Å². The summed E-state index contributed by atoms with van der Waals surface area (Å²) >= 11 is 0. The molecule has 2 nitrogen and oxygen atoms in total. The van der Waals surface area contributed by atoms with Crippen molar-refractivity contribution in [2.75, 3.05) is 0 Å². The van der Waals surface area contributed by atoms with Crippen LogP contribution in [0.3, 0.4) is 0 Å². The van der Waals surface area contributed by atoms with E-state index in [1.165, 1.54) is 12.5 Å². The molecule has 0 radical (unpaired) electrons. The molecule has 1 amide bonds. The summed E-state index contributed by atoms with van der Waals surface area (Å²) in [6.45, 7) is 6.48. The van der Waals surface area contributed by atoms with Gasteiger partial charge in [0.05, 0.1) is 0 Å². The quantitative estimate of drug-likeness (QED) is 0.606. The van der Waals surface area contributed by atoms with Gasteiger partial charge in [0.25, 0.3) is 0 Å². The molecular formula is C11H15NO. The maximum atomic E-state index is 9.58. The average molecular weight is 177 g/mol. The van der Waals surface area contributed by atoms with Gasteiger partial charge in [0, 0.05) is 6.92 Å². The minimum atomic E-state index is -0.231. The van der Waals surface area contributed by atoms with Gasteiger partial charge in [-0.1, -0.05) is 37.3 Å². The molecule has 0 fully saturated rings. The second-order valence-electron chi connectivity index (χ2n) is 2.52. The van der Waals surface area contributed by atoms with Gasteiger partial charge in [-0.2, -0.15) is 0 Å². The third-order valence-electron chi connectivity index (χ3n) is 1.47. The molecular weight excluding hydrogens is 162 g/mol. The summed E-state index contributed by atoms with van der Waals surface area (Å²) in [7, 11) is 0. The highest BCUT2D eigenvalue weighted by atomic mass is 16.1. The van der Waals surface area contributed by atoms with Gasteiger partial charge in [-0.3, -0.25) is 4.79 Å². The van der Waals surface area contributed by atoms with Crippen molar-refractivity contribution >= 4 is 12.6 Å². The fraction of sp³-hybridized carbons (Fsp3) is 0.273. The maximum Gasteiger partial charge on any atom is 0.241 e. The van der Waals surface area contributed by atoms with Crippen molar-refractivity contribution in [1.29, 1.82) is 0 Å². The van der Waals surface area contributed by atoms with Gasteiger partial charge < -0.3 is 0 Å². The Labute approximate surface area is 79.3 Å². The molecule has 1 aromatic carbocycles. The Morgan fingerprint density at radius 2 is 1.85 bits per heavy atom. The number of rotatable bonds is 1. The summed E-state index contributed by atoms with van der Waals surface area (Å²) in [4.78, 5) is 12.6. The molecule has 0 aliphatic rings. The summed E-state index contributed by atoms with van der Waals surface area (Å²) in [5, 5.41) is 0. The molecule has 0 saturated heterocycles. The van der Waals surface area contributed by atoms with Crippen molar-refractivity contribution < 1.29 is 4.79 Å². The van der Waals surface area contributed by atoms with Crippen molar-refractivity contribution in [2.45, 2.75) is 20.3 Å². The van der Waals surface area contributed by atoms with E-state index in [1.807, 2.05) is 6.07 Å². The summed E-state index contributed by atoms with van der Waals surface area (Å²) in [5.41, 5.74) is 1.41. The number of hydrogen-bond donors (Lipinski definition) is 0. The zero-order valence-electron chi connectivity index (χ0n) is 8.16. The smallest absolute Gasteiger partial charge is 0.241 e. The first-order chi connectivity index (χ1) is 6.20. The van der Waals surface area contributed by atoms with E-state index in [9.17, 15) is 4.79 Å². The second kappa shape index (κ2) is 7.22. The molecule has 0 N–H and O–H groups in total. The van der Waals surface area contributed by atoms with Crippen LogP contribution in [0.25, 0.3) is 0 Å². The Balaban J connectivity index is 0.000000252. The molecule has 0 unspecified atom stereocenters. The number of carbonyl (C=O) groups is 1. The van der Waals surface area contributed by atoms with Gasteiger partial charge in [0.15, 0.2) is 0 Å². The predicted molar refractivity (Wildman–Crippen MR) is 56.1 cm³/mol. The highest BCUT2D eigenvalue weighted by Crippen LogP contribution is 1.96. The Morgan fingerprint density at radius 3 is 2.08 bits per heavy atom. The number of hydrogen-bond acceptors (Lipinski definition) is 1. The lowest BCUT2D eigenvalue weighted by Gasteiger charge is -1.89. The van der Waals surface area contributed by atoms with E-state index in [-0.39, 0.29) is 5.91 Å². The molecule has 0 heterocycles. The van der Waals surface area contributed by atoms with E-state index >= 15 is 0 Å². The van der Waals surface area contributed by atoms with Gasteiger partial charge in [-0.05, 0) is 18.7 Å². The van der Waals surface area contributed by atoms with E-state index in [2.05, 4.69) is 42.9 Å². The number of benzene rings is 1. The Bertz CT molecular complexity index is 254. The standard InChI is InChI=1S/C8H10.C3H5NO/c1-2-8-6-4-3-5-7-8;1-3(5)4-2/h3-7H,2H2,1H3;2H2,1H3. The largest absolute Gasteiger partial charge is 0.273 e. The SMILES string of the molecule is C=NC(C)=O.CCc1ccccc1. The first kappa shape index (κ1) is 11.6. The third kappa shape index (κ3) is 6.94. The van der Waals surface area contributed by atoms with Crippen LogP contribution < -0.4 is 0 Å². The lowest BCUT2D eigenvalue weighted by Crippen LogP contribution is -1.75. The molecule has 0 aliphatic carbocycles. The fourth-order valence-corrected chi connectivity index (χ4v) is 0.714. The first-order valence-corrected chi connectivity index (χ1v) is 4.22. The third-order valence-corrected chi connectivity index (χ3v) is 1.47. The van der Waals surface area contributed by atoms with Gasteiger partial charge in [-0.15, -0.1) is 0 Å². The average Bonchev–Trinajstić information content (AvgIpc) is 2.20. The van der Waals surface area contributed by atoms with Crippen molar-refractivity contribution in [3.8, 4) is 0 Å². The highest BCUT2D eigenvalue weighted by molar-refractivity contribution is 5.77. The molecule has 2 heteroatoms. The Kier molecular flexibility index (Phi) is 6.42. The fourth-order valence-electron chi connectivity index (χ4n) is 0.714. The lowest BCUT2D eigenvalue weighted by molar-refractivity contribution is -0.115. The van der Waals surface area contributed by atoms with Gasteiger partial charge in [-0.25, -0.2) is 4.99 Å². The van der Waals surface area contributed by atoms with Crippen LogP contribution in [0.4, 0.5) is 0 Å². The topological polar surface area (TPSA) is 29.4 Å². The normalized spacial score (nSPS) is 8.15. The van der Waals surface area contributed by atoms with E-state index in [0.717, 1.165) is 6.42 Å². The van der Waals surface area contributed by atoms with Gasteiger partial charge >= 0.3 is 0 Å². The Hall–Kier alpha value is -1.44. The highest BCUT2D eigenvalue weighted by Gasteiger charge is 1.79. The maximum absolute atomic E-state index is 9.58. The molecule has 0 atom stereocenters. The molecule has 1 rings (SSSR count). The monoisotopic (exact) mass is 177 g/mol. The van der Waals surface area contributed by atoms with Crippen LogP contribution >= 0.6 is 0 Å². The molecule has 0 aliphatic heterocycles. The number of aliphatic imine (C=N–C) groups is 1. The molecule has 1 aromatic rings. The molecule has 0 spiro atoms. The van der Waals surface area contributed by atoms with Gasteiger partial charge in [0.1, 0.15) is 0 Å². The molecule has 0 aromatic heterocycles. The van der Waals surface area contributed by atoms with Crippen LogP contribution in [0, 0.1) is 0 Å². The molecule has 0 saturated carbocycles. The minimum absolute atomic E-state index is 0.231. The molecule has 13 heavy (non-hydrogen) atoms. The first-order valence-electron chi connectivity index (χ1n) is 4.22. The number of amides is 1. The van der Waals surface area contributed by atoms with Crippen molar-refractivity contribution in [1.82, 2.24) is 0 Å². The number of carbonyl (C=O) groups excluding carboxylic acids is 1. The summed E-state index contributed by atoms with van der Waals surface area (Å²) in [6.07, 6.45) is 1.14. The van der Waals surface area contributed by atoms with Crippen LogP contribution in [0.1, 0.15) is 19.4 Å². The van der Waals surface area contributed by atoms with Crippen molar-refractivity contribution in [3.63, 3.8) is 0 Å². The minimum Gasteiger partial charge on any atom is -0.273 e.